The normalized spacial score (nSPS) is 13.3. The van der Waals surface area contributed by atoms with Gasteiger partial charge in [0, 0.05) is 0 Å². The first-order valence-electron chi connectivity index (χ1n) is 10.5. The van der Waals surface area contributed by atoms with Crippen molar-refractivity contribution in [3.63, 3.8) is 0 Å². The van der Waals surface area contributed by atoms with E-state index in [1.165, 1.54) is 5.56 Å². The van der Waals surface area contributed by atoms with Crippen LogP contribution in [-0.2, 0) is 20.9 Å². The van der Waals surface area contributed by atoms with Crippen molar-refractivity contribution >= 4 is 5.97 Å². The molecule has 28 heavy (non-hydrogen) atoms. The number of hydrogen-bond donors (Lipinski definition) is 0. The SMILES string of the molecule is CCC[C@H](C[C@H](OCc1ccccc1)c1ccc(C(C)C)cc1)C(=O)OCC. The van der Waals surface area contributed by atoms with E-state index in [0.717, 1.165) is 24.0 Å². The summed E-state index contributed by atoms with van der Waals surface area (Å²) >= 11 is 0. The van der Waals surface area contributed by atoms with Gasteiger partial charge in [0.25, 0.3) is 0 Å². The molecule has 0 heterocycles. The highest BCUT2D eigenvalue weighted by Gasteiger charge is 2.25. The van der Waals surface area contributed by atoms with Crippen molar-refractivity contribution in [3.05, 3.63) is 71.3 Å². The van der Waals surface area contributed by atoms with Gasteiger partial charge in [0.1, 0.15) is 0 Å². The minimum Gasteiger partial charge on any atom is -0.466 e. The molecular weight excluding hydrogens is 348 g/mol. The molecule has 0 aliphatic rings. The van der Waals surface area contributed by atoms with Crippen molar-refractivity contribution in [1.29, 1.82) is 0 Å². The Morgan fingerprint density at radius 3 is 2.14 bits per heavy atom. The van der Waals surface area contributed by atoms with Crippen molar-refractivity contribution in [2.24, 2.45) is 5.92 Å². The lowest BCUT2D eigenvalue weighted by molar-refractivity contribution is -0.150. The molecule has 0 aromatic heterocycles. The molecule has 0 radical (unpaired) electrons. The highest BCUT2D eigenvalue weighted by Crippen LogP contribution is 2.30. The van der Waals surface area contributed by atoms with Crippen LogP contribution in [0.1, 0.15) is 75.7 Å². The summed E-state index contributed by atoms with van der Waals surface area (Å²) < 4.78 is 11.6. The van der Waals surface area contributed by atoms with Crippen LogP contribution in [0.4, 0.5) is 0 Å². The molecule has 3 heteroatoms. The van der Waals surface area contributed by atoms with E-state index >= 15 is 0 Å². The standard InChI is InChI=1S/C25H34O3/c1-5-10-23(25(26)27-6-2)17-24(28-18-20-11-8-7-9-12-20)22-15-13-21(14-16-22)19(3)4/h7-9,11-16,19,23-24H,5-6,10,17-18H2,1-4H3/t23-,24+/m1/s1. The molecule has 0 spiro atoms. The van der Waals surface area contributed by atoms with E-state index < -0.39 is 0 Å². The Balaban J connectivity index is 2.19. The summed E-state index contributed by atoms with van der Waals surface area (Å²) in [6.07, 6.45) is 2.26. The van der Waals surface area contributed by atoms with Gasteiger partial charge in [-0.15, -0.1) is 0 Å². The van der Waals surface area contributed by atoms with Crippen LogP contribution in [-0.4, -0.2) is 12.6 Å². The van der Waals surface area contributed by atoms with E-state index in [2.05, 4.69) is 57.2 Å². The largest absolute Gasteiger partial charge is 0.466 e. The summed E-state index contributed by atoms with van der Waals surface area (Å²) in [4.78, 5) is 12.4. The summed E-state index contributed by atoms with van der Waals surface area (Å²) in [6, 6.07) is 18.8. The second-order valence-corrected chi connectivity index (χ2v) is 7.58. The van der Waals surface area contributed by atoms with Crippen LogP contribution < -0.4 is 0 Å². The van der Waals surface area contributed by atoms with E-state index in [1.54, 1.807) is 0 Å². The van der Waals surface area contributed by atoms with Gasteiger partial charge in [-0.25, -0.2) is 0 Å². The first-order valence-corrected chi connectivity index (χ1v) is 10.5. The maximum Gasteiger partial charge on any atom is 0.309 e. The fraction of sp³-hybridized carbons (Fsp3) is 0.480. The van der Waals surface area contributed by atoms with Crippen molar-refractivity contribution < 1.29 is 14.3 Å². The second-order valence-electron chi connectivity index (χ2n) is 7.58. The number of carbonyl (C=O) groups is 1. The van der Waals surface area contributed by atoms with E-state index in [1.807, 2.05) is 25.1 Å². The molecule has 0 aliphatic carbocycles. The van der Waals surface area contributed by atoms with Gasteiger partial charge >= 0.3 is 5.97 Å². The summed E-state index contributed by atoms with van der Waals surface area (Å²) in [5.74, 6) is 0.233. The predicted molar refractivity (Wildman–Crippen MR) is 114 cm³/mol. The van der Waals surface area contributed by atoms with Crippen molar-refractivity contribution in [2.45, 2.75) is 65.6 Å². The topological polar surface area (TPSA) is 35.5 Å². The van der Waals surface area contributed by atoms with Gasteiger partial charge in [-0.05, 0) is 42.4 Å². The fourth-order valence-corrected chi connectivity index (χ4v) is 3.37. The van der Waals surface area contributed by atoms with Crippen LogP contribution in [0.2, 0.25) is 0 Å². The predicted octanol–water partition coefficient (Wildman–Crippen LogP) is 6.44. The zero-order chi connectivity index (χ0) is 20.4. The summed E-state index contributed by atoms with van der Waals surface area (Å²) in [5, 5.41) is 0. The van der Waals surface area contributed by atoms with Gasteiger partial charge in [0.2, 0.25) is 0 Å². The first-order chi connectivity index (χ1) is 13.5. The Morgan fingerprint density at radius 1 is 0.929 bits per heavy atom. The van der Waals surface area contributed by atoms with Crippen molar-refractivity contribution in [3.8, 4) is 0 Å². The van der Waals surface area contributed by atoms with Crippen LogP contribution >= 0.6 is 0 Å². The Morgan fingerprint density at radius 2 is 1.57 bits per heavy atom. The van der Waals surface area contributed by atoms with Gasteiger partial charge in [-0.3, -0.25) is 4.79 Å². The average Bonchev–Trinajstić information content (AvgIpc) is 2.71. The Hall–Kier alpha value is -2.13. The third kappa shape index (κ3) is 6.79. The van der Waals surface area contributed by atoms with Crippen LogP contribution in [0.3, 0.4) is 0 Å². The molecule has 0 fully saturated rings. The molecule has 2 aromatic rings. The monoisotopic (exact) mass is 382 g/mol. The zero-order valence-corrected chi connectivity index (χ0v) is 17.7. The fourth-order valence-electron chi connectivity index (χ4n) is 3.37. The Labute approximate surface area is 170 Å². The second kappa shape index (κ2) is 11.7. The van der Waals surface area contributed by atoms with Gasteiger partial charge in [-0.2, -0.15) is 0 Å². The minimum absolute atomic E-state index is 0.114. The molecule has 2 rings (SSSR count). The average molecular weight is 383 g/mol. The molecule has 0 unspecified atom stereocenters. The molecule has 0 amide bonds. The summed E-state index contributed by atoms with van der Waals surface area (Å²) in [7, 11) is 0. The lowest BCUT2D eigenvalue weighted by Gasteiger charge is -2.24. The molecule has 0 saturated carbocycles. The number of hydrogen-bond acceptors (Lipinski definition) is 3. The quantitative estimate of drug-likeness (QED) is 0.420. The molecule has 0 saturated heterocycles. The maximum atomic E-state index is 12.4. The molecule has 0 bridgehead atoms. The molecule has 2 aromatic carbocycles. The van der Waals surface area contributed by atoms with Gasteiger partial charge in [0.15, 0.2) is 0 Å². The molecule has 3 nitrogen and oxygen atoms in total. The van der Waals surface area contributed by atoms with Gasteiger partial charge in [0.05, 0.1) is 25.2 Å². The number of rotatable bonds is 11. The van der Waals surface area contributed by atoms with Gasteiger partial charge < -0.3 is 9.47 Å². The third-order valence-electron chi connectivity index (χ3n) is 5.02. The minimum atomic E-state index is -0.143. The highest BCUT2D eigenvalue weighted by atomic mass is 16.5. The van der Waals surface area contributed by atoms with Crippen LogP contribution in [0.15, 0.2) is 54.6 Å². The first kappa shape index (κ1) is 22.2. The molecule has 152 valence electrons. The lowest BCUT2D eigenvalue weighted by atomic mass is 9.92. The zero-order valence-electron chi connectivity index (χ0n) is 17.7. The lowest BCUT2D eigenvalue weighted by Crippen LogP contribution is -2.21. The van der Waals surface area contributed by atoms with Crippen molar-refractivity contribution in [1.82, 2.24) is 0 Å². The van der Waals surface area contributed by atoms with E-state index in [4.69, 9.17) is 9.47 Å². The maximum absolute atomic E-state index is 12.4. The molecule has 0 aliphatic heterocycles. The highest BCUT2D eigenvalue weighted by molar-refractivity contribution is 5.72. The van der Waals surface area contributed by atoms with Gasteiger partial charge in [-0.1, -0.05) is 81.8 Å². The van der Waals surface area contributed by atoms with Crippen molar-refractivity contribution in [2.75, 3.05) is 6.61 Å². The summed E-state index contributed by atoms with van der Waals surface area (Å²) in [6.45, 7) is 9.28. The number of ether oxygens (including phenoxy) is 2. The van der Waals surface area contributed by atoms with E-state index in [0.29, 0.717) is 25.6 Å². The number of esters is 1. The number of benzene rings is 2. The van der Waals surface area contributed by atoms with Crippen LogP contribution in [0, 0.1) is 5.92 Å². The summed E-state index contributed by atoms with van der Waals surface area (Å²) in [5.41, 5.74) is 3.56. The van der Waals surface area contributed by atoms with E-state index in [9.17, 15) is 4.79 Å². The number of carbonyl (C=O) groups excluding carboxylic acids is 1. The Bertz CT molecular complexity index is 691. The smallest absolute Gasteiger partial charge is 0.309 e. The molecule has 0 N–H and O–H groups in total. The van der Waals surface area contributed by atoms with E-state index in [-0.39, 0.29) is 18.0 Å². The molecule has 2 atom stereocenters. The Kier molecular flexibility index (Phi) is 9.22. The van der Waals surface area contributed by atoms with Crippen LogP contribution in [0.5, 0.6) is 0 Å². The van der Waals surface area contributed by atoms with Crippen LogP contribution in [0.25, 0.3) is 0 Å². The third-order valence-corrected chi connectivity index (χ3v) is 5.02. The molecular formula is C25H34O3.